The van der Waals surface area contributed by atoms with Crippen LogP contribution in [-0.2, 0) is 19.1 Å². The van der Waals surface area contributed by atoms with Gasteiger partial charge in [-0.15, -0.1) is 0 Å². The third-order valence-electron chi connectivity index (χ3n) is 8.31. The Hall–Kier alpha value is -2.26. The summed E-state index contributed by atoms with van der Waals surface area (Å²) in [5.74, 6) is 2.07. The molecule has 0 radical (unpaired) electrons. The van der Waals surface area contributed by atoms with E-state index in [4.69, 9.17) is 16.7 Å². The maximum absolute atomic E-state index is 11.1. The van der Waals surface area contributed by atoms with Crippen molar-refractivity contribution in [1.82, 2.24) is 19.6 Å². The molecule has 0 spiro atoms. The summed E-state index contributed by atoms with van der Waals surface area (Å²) in [5, 5.41) is 8.56. The van der Waals surface area contributed by atoms with Gasteiger partial charge in [0.1, 0.15) is 6.04 Å². The van der Waals surface area contributed by atoms with E-state index in [9.17, 15) is 14.4 Å². The zero-order chi connectivity index (χ0) is 30.7. The standard InChI is InChI=1S/C8H15NO2.2C7H14N2O.C7H12N2/c1-6-4-7(8(10)11-3)9(2)5-6;2*1-5-3-6(7(8)10)9(2)4-5;1-6-3-7(4-8)9(2)5-6/h6-7H,4-5H2,1-3H3;2*5-6H,3-4H2,1-2H3,(H2,8,10);6-7H,3,5H2,1-2H3. The quantitative estimate of drug-likeness (QED) is 0.477. The van der Waals surface area contributed by atoms with Gasteiger partial charge in [-0.2, -0.15) is 5.26 Å². The first-order chi connectivity index (χ1) is 18.6. The molecule has 4 aliphatic heterocycles. The van der Waals surface area contributed by atoms with Gasteiger partial charge in [0, 0.05) is 26.2 Å². The summed E-state index contributed by atoms with van der Waals surface area (Å²) in [6.45, 7) is 12.7. The summed E-state index contributed by atoms with van der Waals surface area (Å²) >= 11 is 0. The Bertz CT molecular complexity index is 832. The van der Waals surface area contributed by atoms with Crippen molar-refractivity contribution in [2.45, 2.75) is 77.5 Å². The Kier molecular flexibility index (Phi) is 15.1. The summed E-state index contributed by atoms with van der Waals surface area (Å²) < 4.78 is 4.67. The van der Waals surface area contributed by atoms with E-state index in [0.29, 0.717) is 23.7 Å². The Labute approximate surface area is 242 Å². The number of amides is 2. The molecule has 0 aromatic carbocycles. The van der Waals surface area contributed by atoms with Crippen LogP contribution in [0, 0.1) is 35.0 Å². The largest absolute Gasteiger partial charge is 0.468 e. The van der Waals surface area contributed by atoms with Crippen LogP contribution in [0.1, 0.15) is 53.4 Å². The number of rotatable bonds is 3. The number of carbonyl (C=O) groups is 3. The van der Waals surface area contributed by atoms with Crippen LogP contribution in [0.5, 0.6) is 0 Å². The Morgan fingerprint density at radius 2 is 0.975 bits per heavy atom. The number of likely N-dealkylation sites (N-methyl/N-ethyl adjacent to an activating group) is 3. The van der Waals surface area contributed by atoms with Crippen molar-refractivity contribution >= 4 is 17.8 Å². The molecule has 40 heavy (non-hydrogen) atoms. The van der Waals surface area contributed by atoms with Crippen LogP contribution in [0.15, 0.2) is 0 Å². The Morgan fingerprint density at radius 1 is 0.650 bits per heavy atom. The molecule has 8 atom stereocenters. The second kappa shape index (κ2) is 16.9. The fourth-order valence-electron chi connectivity index (χ4n) is 6.25. The summed E-state index contributed by atoms with van der Waals surface area (Å²) in [6.07, 6.45) is 3.83. The molecule has 0 aromatic heterocycles. The number of nitriles is 1. The molecule has 0 aromatic rings. The van der Waals surface area contributed by atoms with Crippen molar-refractivity contribution in [1.29, 1.82) is 5.26 Å². The molecule has 0 bridgehead atoms. The monoisotopic (exact) mass is 565 g/mol. The number of nitrogens with two attached hydrogens (primary N) is 2. The summed E-state index contributed by atoms with van der Waals surface area (Å²) in [6, 6.07) is 2.41. The molecular formula is C29H55N7O4. The van der Waals surface area contributed by atoms with E-state index in [1.807, 2.05) is 38.0 Å². The zero-order valence-electron chi connectivity index (χ0n) is 26.3. The zero-order valence-corrected chi connectivity index (χ0v) is 26.3. The summed E-state index contributed by atoms with van der Waals surface area (Å²) in [4.78, 5) is 40.8. The number of likely N-dealkylation sites (tertiary alicyclic amines) is 4. The lowest BCUT2D eigenvalue weighted by Crippen LogP contribution is -2.37. The Morgan fingerprint density at radius 3 is 1.15 bits per heavy atom. The van der Waals surface area contributed by atoms with Crippen molar-refractivity contribution in [3.05, 3.63) is 0 Å². The highest BCUT2D eigenvalue weighted by atomic mass is 16.5. The highest BCUT2D eigenvalue weighted by Gasteiger charge is 2.33. The van der Waals surface area contributed by atoms with Gasteiger partial charge in [0.15, 0.2) is 0 Å². The van der Waals surface area contributed by atoms with Crippen LogP contribution in [0.25, 0.3) is 0 Å². The molecule has 8 unspecified atom stereocenters. The van der Waals surface area contributed by atoms with Gasteiger partial charge >= 0.3 is 5.97 Å². The highest BCUT2D eigenvalue weighted by molar-refractivity contribution is 5.80. The predicted molar refractivity (Wildman–Crippen MR) is 157 cm³/mol. The number of methoxy groups -OCH3 is 1. The van der Waals surface area contributed by atoms with Gasteiger partial charge in [0.05, 0.1) is 31.3 Å². The van der Waals surface area contributed by atoms with Gasteiger partial charge < -0.3 is 16.2 Å². The third-order valence-corrected chi connectivity index (χ3v) is 8.31. The van der Waals surface area contributed by atoms with Crippen molar-refractivity contribution in [2.75, 3.05) is 61.5 Å². The lowest BCUT2D eigenvalue weighted by molar-refractivity contribution is -0.145. The average molecular weight is 566 g/mol. The first-order valence-electron chi connectivity index (χ1n) is 14.5. The molecule has 11 heteroatoms. The van der Waals surface area contributed by atoms with Gasteiger partial charge in [-0.3, -0.25) is 34.0 Å². The van der Waals surface area contributed by atoms with Crippen molar-refractivity contribution < 1.29 is 19.1 Å². The van der Waals surface area contributed by atoms with E-state index in [2.05, 4.69) is 48.3 Å². The lowest BCUT2D eigenvalue weighted by Gasteiger charge is -2.15. The molecule has 4 saturated heterocycles. The van der Waals surface area contributed by atoms with Crippen molar-refractivity contribution in [2.24, 2.45) is 35.1 Å². The third kappa shape index (κ3) is 11.3. The van der Waals surface area contributed by atoms with E-state index in [1.54, 1.807) is 0 Å². The van der Waals surface area contributed by atoms with E-state index < -0.39 is 0 Å². The van der Waals surface area contributed by atoms with Crippen molar-refractivity contribution in [3.8, 4) is 6.07 Å². The molecule has 0 saturated carbocycles. The second-order valence-corrected chi connectivity index (χ2v) is 12.6. The molecule has 4 heterocycles. The molecule has 2 amide bonds. The topological polar surface area (TPSA) is 149 Å². The first-order valence-corrected chi connectivity index (χ1v) is 14.5. The maximum Gasteiger partial charge on any atom is 0.323 e. The van der Waals surface area contributed by atoms with Crippen LogP contribution in [0.2, 0.25) is 0 Å². The summed E-state index contributed by atoms with van der Waals surface area (Å²) in [7, 11) is 9.31. The number of primary amides is 2. The number of nitrogens with zero attached hydrogens (tertiary/aromatic N) is 5. The molecule has 230 valence electrons. The summed E-state index contributed by atoms with van der Waals surface area (Å²) in [5.41, 5.74) is 10.3. The number of hydrogen-bond donors (Lipinski definition) is 2. The van der Waals surface area contributed by atoms with Crippen LogP contribution in [0.3, 0.4) is 0 Å². The van der Waals surface area contributed by atoms with E-state index in [1.165, 1.54) is 7.11 Å². The van der Waals surface area contributed by atoms with Gasteiger partial charge in [-0.05, 0) is 77.5 Å². The number of esters is 1. The van der Waals surface area contributed by atoms with Crippen molar-refractivity contribution in [3.63, 3.8) is 0 Å². The van der Waals surface area contributed by atoms with E-state index in [-0.39, 0.29) is 42.0 Å². The molecule has 4 aliphatic rings. The maximum atomic E-state index is 11.1. The normalized spacial score (nSPS) is 34.4. The Balaban J connectivity index is 0.000000267. The minimum Gasteiger partial charge on any atom is -0.468 e. The SMILES string of the molecule is CC1CC(C#N)N(C)C1.CC1CC(C(N)=O)N(C)C1.CC1CC(C(N)=O)N(C)C1.COC(=O)C1CC(C)CN1C. The van der Waals surface area contributed by atoms with Crippen LogP contribution < -0.4 is 11.5 Å². The molecule has 4 N–H and O–H groups in total. The first kappa shape index (κ1) is 35.8. The minimum atomic E-state index is -0.188. The second-order valence-electron chi connectivity index (χ2n) is 12.6. The number of carbonyl (C=O) groups excluding carboxylic acids is 3. The minimum absolute atomic E-state index is 0.00463. The van der Waals surface area contributed by atoms with Gasteiger partial charge in [-0.25, -0.2) is 0 Å². The molecule has 0 aliphatic carbocycles. The number of hydrogen-bond acceptors (Lipinski definition) is 9. The lowest BCUT2D eigenvalue weighted by atomic mass is 10.1. The van der Waals surface area contributed by atoms with Gasteiger partial charge in [0.25, 0.3) is 0 Å². The molecule has 4 rings (SSSR count). The molecule has 4 fully saturated rings. The molecular weight excluding hydrogens is 510 g/mol. The fraction of sp³-hybridized carbons (Fsp3) is 0.862. The molecule has 11 nitrogen and oxygen atoms in total. The van der Waals surface area contributed by atoms with Gasteiger partial charge in [0.2, 0.25) is 11.8 Å². The predicted octanol–water partition coefficient (Wildman–Crippen LogP) is 0.974. The van der Waals surface area contributed by atoms with Crippen LogP contribution in [0.4, 0.5) is 0 Å². The van der Waals surface area contributed by atoms with E-state index >= 15 is 0 Å². The highest BCUT2D eigenvalue weighted by Crippen LogP contribution is 2.22. The smallest absolute Gasteiger partial charge is 0.323 e. The number of ether oxygens (including phenoxy) is 1. The van der Waals surface area contributed by atoms with Gasteiger partial charge in [-0.1, -0.05) is 27.7 Å². The van der Waals surface area contributed by atoms with Crippen LogP contribution in [-0.4, -0.2) is 123 Å². The fourth-order valence-corrected chi connectivity index (χ4v) is 6.25. The van der Waals surface area contributed by atoms with E-state index in [0.717, 1.165) is 51.9 Å². The van der Waals surface area contributed by atoms with Crippen LogP contribution >= 0.6 is 0 Å². The average Bonchev–Trinajstić information content (AvgIpc) is 3.59.